The topological polar surface area (TPSA) is 71.1 Å². The standard InChI is InChI=1S/C17H25N3O4S2/c1-23-14-4-6-16(7-5-14)26(21,22)20-10-8-19(9-11-20)17(25)18-13-15-3-2-12-24-15/h4-7,15H,2-3,8-13H2,1H3,(H,18,25)/t15-/m0/s1. The maximum atomic E-state index is 12.8. The van der Waals surface area contributed by atoms with E-state index in [1.807, 2.05) is 4.90 Å². The largest absolute Gasteiger partial charge is 0.497 e. The number of rotatable bonds is 5. The van der Waals surface area contributed by atoms with Crippen molar-refractivity contribution in [1.82, 2.24) is 14.5 Å². The lowest BCUT2D eigenvalue weighted by molar-refractivity contribution is 0.113. The van der Waals surface area contributed by atoms with Crippen LogP contribution in [0.2, 0.25) is 0 Å². The molecular formula is C17H25N3O4S2. The Labute approximate surface area is 160 Å². The number of piperazine rings is 1. The molecule has 3 rings (SSSR count). The molecule has 1 aromatic rings. The van der Waals surface area contributed by atoms with Gasteiger partial charge >= 0.3 is 0 Å². The van der Waals surface area contributed by atoms with E-state index < -0.39 is 10.0 Å². The van der Waals surface area contributed by atoms with Crippen molar-refractivity contribution in [3.63, 3.8) is 0 Å². The van der Waals surface area contributed by atoms with Gasteiger partial charge in [0.15, 0.2) is 5.11 Å². The summed E-state index contributed by atoms with van der Waals surface area (Å²) in [7, 11) is -1.94. The van der Waals surface area contributed by atoms with E-state index in [0.717, 1.165) is 19.4 Å². The fourth-order valence-corrected chi connectivity index (χ4v) is 4.83. The van der Waals surface area contributed by atoms with Gasteiger partial charge in [0, 0.05) is 39.3 Å². The first kappa shape index (κ1) is 19.3. The lowest BCUT2D eigenvalue weighted by Gasteiger charge is -2.35. The highest BCUT2D eigenvalue weighted by Gasteiger charge is 2.29. The Balaban J connectivity index is 1.52. The molecule has 2 saturated heterocycles. The van der Waals surface area contributed by atoms with E-state index in [-0.39, 0.29) is 11.0 Å². The zero-order chi connectivity index (χ0) is 18.6. The van der Waals surface area contributed by atoms with Crippen molar-refractivity contribution >= 4 is 27.4 Å². The van der Waals surface area contributed by atoms with Crippen LogP contribution in [0.15, 0.2) is 29.2 Å². The van der Waals surface area contributed by atoms with Crippen LogP contribution >= 0.6 is 12.2 Å². The van der Waals surface area contributed by atoms with Crippen LogP contribution in [0.1, 0.15) is 12.8 Å². The predicted molar refractivity (Wildman–Crippen MR) is 103 cm³/mol. The van der Waals surface area contributed by atoms with Crippen LogP contribution in [-0.4, -0.2) is 75.3 Å². The maximum Gasteiger partial charge on any atom is 0.243 e. The molecule has 1 N–H and O–H groups in total. The van der Waals surface area contributed by atoms with Crippen molar-refractivity contribution in [2.75, 3.05) is 46.4 Å². The zero-order valence-electron chi connectivity index (χ0n) is 14.9. The van der Waals surface area contributed by atoms with Crippen LogP contribution in [0.5, 0.6) is 5.75 Å². The number of ether oxygens (including phenoxy) is 2. The second kappa shape index (κ2) is 8.51. The van der Waals surface area contributed by atoms with E-state index in [9.17, 15) is 8.42 Å². The summed E-state index contributed by atoms with van der Waals surface area (Å²) in [6.07, 6.45) is 2.38. The third-order valence-corrected chi connectivity index (χ3v) is 7.04. The summed E-state index contributed by atoms with van der Waals surface area (Å²) < 4.78 is 37.7. The van der Waals surface area contributed by atoms with Gasteiger partial charge in [0.25, 0.3) is 0 Å². The monoisotopic (exact) mass is 399 g/mol. The van der Waals surface area contributed by atoms with Crippen LogP contribution < -0.4 is 10.1 Å². The van der Waals surface area contributed by atoms with Crippen molar-refractivity contribution in [3.05, 3.63) is 24.3 Å². The molecule has 0 saturated carbocycles. The van der Waals surface area contributed by atoms with Crippen LogP contribution in [-0.2, 0) is 14.8 Å². The summed E-state index contributed by atoms with van der Waals surface area (Å²) in [5.41, 5.74) is 0. The van der Waals surface area contributed by atoms with Crippen molar-refractivity contribution in [2.24, 2.45) is 0 Å². The quantitative estimate of drug-likeness (QED) is 0.742. The van der Waals surface area contributed by atoms with E-state index in [1.165, 1.54) is 4.31 Å². The number of thiocarbonyl (C=S) groups is 1. The molecule has 2 fully saturated rings. The number of nitrogens with one attached hydrogen (secondary N) is 1. The Morgan fingerprint density at radius 2 is 1.96 bits per heavy atom. The van der Waals surface area contributed by atoms with Gasteiger partial charge in [0.1, 0.15) is 5.75 Å². The number of hydrogen-bond donors (Lipinski definition) is 1. The van der Waals surface area contributed by atoms with Crippen LogP contribution in [0, 0.1) is 0 Å². The molecule has 144 valence electrons. The number of sulfonamides is 1. The summed E-state index contributed by atoms with van der Waals surface area (Å²) in [6, 6.07) is 6.48. The first-order valence-electron chi connectivity index (χ1n) is 8.79. The molecule has 1 atom stereocenters. The van der Waals surface area contributed by atoms with Gasteiger partial charge in [-0.3, -0.25) is 0 Å². The molecule has 2 aliphatic heterocycles. The summed E-state index contributed by atoms with van der Waals surface area (Å²) in [6.45, 7) is 3.51. The molecule has 0 bridgehead atoms. The molecule has 0 aliphatic carbocycles. The van der Waals surface area contributed by atoms with Crippen molar-refractivity contribution in [2.45, 2.75) is 23.8 Å². The van der Waals surface area contributed by atoms with Gasteiger partial charge in [0.05, 0.1) is 18.1 Å². The molecule has 2 aliphatic rings. The summed E-state index contributed by atoms with van der Waals surface area (Å²) in [5, 5.41) is 3.91. The molecular weight excluding hydrogens is 374 g/mol. The van der Waals surface area contributed by atoms with Gasteiger partial charge in [-0.15, -0.1) is 0 Å². The average Bonchev–Trinajstić information content (AvgIpc) is 3.20. The van der Waals surface area contributed by atoms with E-state index in [1.54, 1.807) is 31.4 Å². The normalized spacial score (nSPS) is 21.6. The van der Waals surface area contributed by atoms with E-state index >= 15 is 0 Å². The van der Waals surface area contributed by atoms with Crippen LogP contribution in [0.25, 0.3) is 0 Å². The SMILES string of the molecule is COc1ccc(S(=O)(=O)N2CCN(C(=S)NC[C@@H]3CCCO3)CC2)cc1. The van der Waals surface area contributed by atoms with Gasteiger partial charge in [-0.1, -0.05) is 0 Å². The highest BCUT2D eigenvalue weighted by Crippen LogP contribution is 2.20. The minimum atomic E-state index is -3.49. The Kier molecular flexibility index (Phi) is 6.33. The molecule has 0 spiro atoms. The minimum Gasteiger partial charge on any atom is -0.497 e. The lowest BCUT2D eigenvalue weighted by Crippen LogP contribution is -2.53. The molecule has 7 nitrogen and oxygen atoms in total. The highest BCUT2D eigenvalue weighted by atomic mass is 32.2. The number of hydrogen-bond acceptors (Lipinski definition) is 5. The van der Waals surface area contributed by atoms with Crippen molar-refractivity contribution < 1.29 is 17.9 Å². The molecule has 9 heteroatoms. The number of nitrogens with zero attached hydrogens (tertiary/aromatic N) is 2. The molecule has 2 heterocycles. The third kappa shape index (κ3) is 4.46. The second-order valence-corrected chi connectivity index (χ2v) is 8.71. The van der Waals surface area contributed by atoms with E-state index in [2.05, 4.69) is 5.32 Å². The molecule has 26 heavy (non-hydrogen) atoms. The number of methoxy groups -OCH3 is 1. The molecule has 0 amide bonds. The average molecular weight is 400 g/mol. The van der Waals surface area contributed by atoms with Crippen molar-refractivity contribution in [3.8, 4) is 5.75 Å². The third-order valence-electron chi connectivity index (χ3n) is 4.73. The predicted octanol–water partition coefficient (Wildman–Crippen LogP) is 1.06. The zero-order valence-corrected chi connectivity index (χ0v) is 16.5. The van der Waals surface area contributed by atoms with Crippen molar-refractivity contribution in [1.29, 1.82) is 0 Å². The molecule has 0 aromatic heterocycles. The fraction of sp³-hybridized carbons (Fsp3) is 0.588. The van der Waals surface area contributed by atoms with Crippen LogP contribution in [0.3, 0.4) is 0 Å². The molecule has 0 radical (unpaired) electrons. The Hall–Kier alpha value is -1.42. The Morgan fingerprint density at radius 3 is 2.54 bits per heavy atom. The van der Waals surface area contributed by atoms with Crippen LogP contribution in [0.4, 0.5) is 0 Å². The van der Waals surface area contributed by atoms with Gasteiger partial charge < -0.3 is 19.7 Å². The second-order valence-electron chi connectivity index (χ2n) is 6.39. The lowest BCUT2D eigenvalue weighted by atomic mass is 10.2. The van der Waals surface area contributed by atoms with Gasteiger partial charge in [-0.05, 0) is 49.3 Å². The first-order chi connectivity index (χ1) is 12.5. The Bertz CT molecular complexity index is 710. The summed E-state index contributed by atoms with van der Waals surface area (Å²) >= 11 is 5.44. The smallest absolute Gasteiger partial charge is 0.243 e. The van der Waals surface area contributed by atoms with Gasteiger partial charge in [0.2, 0.25) is 10.0 Å². The molecule has 1 aromatic carbocycles. The maximum absolute atomic E-state index is 12.8. The highest BCUT2D eigenvalue weighted by molar-refractivity contribution is 7.89. The minimum absolute atomic E-state index is 0.227. The fourth-order valence-electron chi connectivity index (χ4n) is 3.15. The first-order valence-corrected chi connectivity index (χ1v) is 10.6. The van der Waals surface area contributed by atoms with E-state index in [4.69, 9.17) is 21.7 Å². The molecule has 0 unspecified atom stereocenters. The van der Waals surface area contributed by atoms with E-state index in [0.29, 0.717) is 43.6 Å². The Morgan fingerprint density at radius 1 is 1.27 bits per heavy atom. The summed E-state index contributed by atoms with van der Waals surface area (Å²) in [4.78, 5) is 2.30. The number of benzene rings is 1. The van der Waals surface area contributed by atoms with Gasteiger partial charge in [-0.2, -0.15) is 4.31 Å². The van der Waals surface area contributed by atoms with Gasteiger partial charge in [-0.25, -0.2) is 8.42 Å². The summed E-state index contributed by atoms with van der Waals surface area (Å²) in [5.74, 6) is 0.636.